The Morgan fingerprint density at radius 2 is 2.00 bits per heavy atom. The van der Waals surface area contributed by atoms with Crippen molar-refractivity contribution in [2.24, 2.45) is 0 Å². The average molecular weight is 233 g/mol. The second-order valence-corrected chi connectivity index (χ2v) is 3.65. The lowest BCUT2D eigenvalue weighted by Crippen LogP contribution is -2.14. The number of carbonyl (C=O) groups excluding carboxylic acids is 1. The minimum atomic E-state index is -0.922. The van der Waals surface area contributed by atoms with Gasteiger partial charge in [0.25, 0.3) is 5.91 Å². The molecule has 1 rings (SSSR count). The molecule has 0 aliphatic carbocycles. The lowest BCUT2D eigenvalue weighted by molar-refractivity contribution is -0.136. The Hall–Kier alpha value is -2.10. The van der Waals surface area contributed by atoms with Crippen LogP contribution < -0.4 is 5.32 Å². The summed E-state index contributed by atoms with van der Waals surface area (Å²) in [4.78, 5) is 22.3. The number of benzene rings is 1. The van der Waals surface area contributed by atoms with Crippen LogP contribution in [-0.4, -0.2) is 17.0 Å². The van der Waals surface area contributed by atoms with Crippen LogP contribution in [0, 0.1) is 0 Å². The molecule has 1 aromatic rings. The van der Waals surface area contributed by atoms with Gasteiger partial charge in [0.05, 0.1) is 6.42 Å². The second kappa shape index (κ2) is 5.84. The van der Waals surface area contributed by atoms with E-state index in [0.717, 1.165) is 0 Å². The maximum Gasteiger partial charge on any atom is 0.307 e. The highest BCUT2D eigenvalue weighted by Crippen LogP contribution is 2.16. The third-order valence-corrected chi connectivity index (χ3v) is 2.40. The number of anilines is 1. The van der Waals surface area contributed by atoms with Gasteiger partial charge in [-0.05, 0) is 25.5 Å². The van der Waals surface area contributed by atoms with E-state index in [-0.39, 0.29) is 12.3 Å². The molecule has 0 radical (unpaired) electrons. The maximum absolute atomic E-state index is 11.7. The highest BCUT2D eigenvalue weighted by Gasteiger charge is 2.09. The smallest absolute Gasteiger partial charge is 0.307 e. The molecule has 0 heterocycles. The highest BCUT2D eigenvalue weighted by atomic mass is 16.4. The summed E-state index contributed by atoms with van der Waals surface area (Å²) in [6.45, 7) is 3.48. The fourth-order valence-corrected chi connectivity index (χ4v) is 1.31. The summed E-state index contributed by atoms with van der Waals surface area (Å²) in [5, 5.41) is 11.5. The second-order valence-electron chi connectivity index (χ2n) is 3.65. The normalized spacial score (nSPS) is 11.1. The fourth-order valence-electron chi connectivity index (χ4n) is 1.31. The molecule has 0 bridgehead atoms. The summed E-state index contributed by atoms with van der Waals surface area (Å²) in [5.41, 5.74) is 1.73. The summed E-state index contributed by atoms with van der Waals surface area (Å²) < 4.78 is 0. The van der Waals surface area contributed by atoms with Crippen molar-refractivity contribution in [1.29, 1.82) is 0 Å². The van der Waals surface area contributed by atoms with Gasteiger partial charge in [-0.1, -0.05) is 24.3 Å². The van der Waals surface area contributed by atoms with Crippen molar-refractivity contribution >= 4 is 17.6 Å². The molecule has 17 heavy (non-hydrogen) atoms. The summed E-state index contributed by atoms with van der Waals surface area (Å²) in [6, 6.07) is 6.89. The third-order valence-electron chi connectivity index (χ3n) is 2.40. The van der Waals surface area contributed by atoms with E-state index in [0.29, 0.717) is 16.8 Å². The molecule has 1 aromatic carbocycles. The van der Waals surface area contributed by atoms with Crippen molar-refractivity contribution in [2.45, 2.75) is 20.3 Å². The van der Waals surface area contributed by atoms with Crippen molar-refractivity contribution in [2.75, 3.05) is 5.32 Å². The van der Waals surface area contributed by atoms with Crippen molar-refractivity contribution in [1.82, 2.24) is 0 Å². The van der Waals surface area contributed by atoms with Gasteiger partial charge in [0, 0.05) is 11.3 Å². The van der Waals surface area contributed by atoms with Crippen molar-refractivity contribution < 1.29 is 14.7 Å². The first-order valence-corrected chi connectivity index (χ1v) is 5.28. The molecule has 0 aliphatic heterocycles. The average Bonchev–Trinajstić information content (AvgIpc) is 2.29. The van der Waals surface area contributed by atoms with Gasteiger partial charge in [-0.25, -0.2) is 0 Å². The Morgan fingerprint density at radius 1 is 1.35 bits per heavy atom. The van der Waals surface area contributed by atoms with Gasteiger partial charge in [-0.3, -0.25) is 9.59 Å². The van der Waals surface area contributed by atoms with E-state index < -0.39 is 5.97 Å². The molecule has 0 spiro atoms. The van der Waals surface area contributed by atoms with Gasteiger partial charge >= 0.3 is 5.97 Å². The number of amides is 1. The standard InChI is InChI=1S/C13H15NO3/c1-3-9(2)13(17)14-11-7-5-4-6-10(11)8-12(15)16/h3-7H,8H2,1-2H3,(H,14,17)(H,15,16)/b9-3+. The predicted molar refractivity (Wildman–Crippen MR) is 65.8 cm³/mol. The Morgan fingerprint density at radius 3 is 2.59 bits per heavy atom. The van der Waals surface area contributed by atoms with Crippen LogP contribution in [0.25, 0.3) is 0 Å². The number of hydrogen-bond acceptors (Lipinski definition) is 2. The first kappa shape index (κ1) is 13.0. The van der Waals surface area contributed by atoms with Crippen LogP contribution >= 0.6 is 0 Å². The molecule has 2 N–H and O–H groups in total. The monoisotopic (exact) mass is 233 g/mol. The minimum Gasteiger partial charge on any atom is -0.481 e. The van der Waals surface area contributed by atoms with Gasteiger partial charge in [0.15, 0.2) is 0 Å². The van der Waals surface area contributed by atoms with Crippen molar-refractivity contribution in [3.05, 3.63) is 41.5 Å². The first-order valence-electron chi connectivity index (χ1n) is 5.28. The zero-order chi connectivity index (χ0) is 12.8. The van der Waals surface area contributed by atoms with Crippen LogP contribution in [-0.2, 0) is 16.0 Å². The van der Waals surface area contributed by atoms with Gasteiger partial charge < -0.3 is 10.4 Å². The van der Waals surface area contributed by atoms with E-state index in [4.69, 9.17) is 5.11 Å². The van der Waals surface area contributed by atoms with E-state index >= 15 is 0 Å². The van der Waals surface area contributed by atoms with Gasteiger partial charge in [0.1, 0.15) is 0 Å². The lowest BCUT2D eigenvalue weighted by atomic mass is 10.1. The van der Waals surface area contributed by atoms with Crippen LogP contribution in [0.3, 0.4) is 0 Å². The molecule has 90 valence electrons. The van der Waals surface area contributed by atoms with Crippen LogP contribution in [0.2, 0.25) is 0 Å². The molecule has 4 heteroatoms. The molecule has 0 saturated carbocycles. The van der Waals surface area contributed by atoms with Gasteiger partial charge in [0.2, 0.25) is 0 Å². The quantitative estimate of drug-likeness (QED) is 0.783. The number of para-hydroxylation sites is 1. The minimum absolute atomic E-state index is 0.106. The zero-order valence-electron chi connectivity index (χ0n) is 9.86. The molecular weight excluding hydrogens is 218 g/mol. The van der Waals surface area contributed by atoms with E-state index in [2.05, 4.69) is 5.32 Å². The fraction of sp³-hybridized carbons (Fsp3) is 0.231. The number of allylic oxidation sites excluding steroid dienone is 1. The Kier molecular flexibility index (Phi) is 4.46. The largest absolute Gasteiger partial charge is 0.481 e. The van der Waals surface area contributed by atoms with Crippen molar-refractivity contribution in [3.63, 3.8) is 0 Å². The van der Waals surface area contributed by atoms with Gasteiger partial charge in [-0.15, -0.1) is 0 Å². The molecule has 1 amide bonds. The van der Waals surface area contributed by atoms with Crippen LogP contribution in [0.4, 0.5) is 5.69 Å². The lowest BCUT2D eigenvalue weighted by Gasteiger charge is -2.09. The molecule has 0 atom stereocenters. The number of carboxylic acid groups (broad SMARTS) is 1. The molecule has 0 saturated heterocycles. The molecule has 0 aliphatic rings. The Bertz CT molecular complexity index is 463. The van der Waals surface area contributed by atoms with E-state index in [1.54, 1.807) is 44.2 Å². The Labute approximate surface area is 100.0 Å². The summed E-state index contributed by atoms with van der Waals surface area (Å²) in [7, 11) is 0. The summed E-state index contributed by atoms with van der Waals surface area (Å²) in [6.07, 6.45) is 1.60. The number of carbonyl (C=O) groups is 2. The first-order chi connectivity index (χ1) is 8.04. The number of rotatable bonds is 4. The maximum atomic E-state index is 11.7. The van der Waals surface area contributed by atoms with Crippen LogP contribution in [0.5, 0.6) is 0 Å². The van der Waals surface area contributed by atoms with Crippen LogP contribution in [0.15, 0.2) is 35.9 Å². The molecule has 4 nitrogen and oxygen atoms in total. The van der Waals surface area contributed by atoms with Crippen LogP contribution in [0.1, 0.15) is 19.4 Å². The SMILES string of the molecule is C/C=C(\C)C(=O)Nc1ccccc1CC(=O)O. The number of hydrogen-bond donors (Lipinski definition) is 2. The highest BCUT2D eigenvalue weighted by molar-refractivity contribution is 6.03. The molecule has 0 fully saturated rings. The summed E-state index contributed by atoms with van der Waals surface area (Å²) in [5.74, 6) is -1.14. The molecule has 0 unspecified atom stereocenters. The predicted octanol–water partition coefficient (Wildman–Crippen LogP) is 2.22. The Balaban J connectivity index is 2.91. The van der Waals surface area contributed by atoms with Gasteiger partial charge in [-0.2, -0.15) is 0 Å². The molecule has 0 aromatic heterocycles. The molecular formula is C13H15NO3. The number of nitrogens with one attached hydrogen (secondary N) is 1. The summed E-state index contributed by atoms with van der Waals surface area (Å²) >= 11 is 0. The third kappa shape index (κ3) is 3.75. The van der Waals surface area contributed by atoms with Crippen molar-refractivity contribution in [3.8, 4) is 0 Å². The van der Waals surface area contributed by atoms with E-state index in [1.807, 2.05) is 0 Å². The number of carboxylic acids is 1. The topological polar surface area (TPSA) is 66.4 Å². The van der Waals surface area contributed by atoms with E-state index in [1.165, 1.54) is 0 Å². The van der Waals surface area contributed by atoms with E-state index in [9.17, 15) is 9.59 Å². The number of aliphatic carboxylic acids is 1. The zero-order valence-corrected chi connectivity index (χ0v) is 9.86.